The van der Waals surface area contributed by atoms with Crippen LogP contribution < -0.4 is 0 Å². The number of carbonyl (C=O) groups excluding carboxylic acids is 2. The van der Waals surface area contributed by atoms with Gasteiger partial charge in [0.25, 0.3) is 0 Å². The first-order valence-corrected chi connectivity index (χ1v) is 11.5. The zero-order chi connectivity index (χ0) is 20.0. The van der Waals surface area contributed by atoms with Crippen molar-refractivity contribution < 1.29 is 18.7 Å². The van der Waals surface area contributed by atoms with Gasteiger partial charge in [0.15, 0.2) is 5.78 Å². The first-order chi connectivity index (χ1) is 14.0. The van der Waals surface area contributed by atoms with Crippen molar-refractivity contribution in [1.29, 1.82) is 0 Å². The lowest BCUT2D eigenvalue weighted by Gasteiger charge is -2.53. The van der Waals surface area contributed by atoms with Gasteiger partial charge in [-0.15, -0.1) is 0 Å². The Balaban J connectivity index is 1.25. The summed E-state index contributed by atoms with van der Waals surface area (Å²) in [5.74, 6) is 3.84. The van der Waals surface area contributed by atoms with Gasteiger partial charge in [0.2, 0.25) is 0 Å². The Labute approximate surface area is 173 Å². The van der Waals surface area contributed by atoms with E-state index < -0.39 is 0 Å². The summed E-state index contributed by atoms with van der Waals surface area (Å²) in [6.07, 6.45) is 13.3. The lowest BCUT2D eigenvalue weighted by molar-refractivity contribution is -0.158. The van der Waals surface area contributed by atoms with Crippen LogP contribution in [0.3, 0.4) is 0 Å². The number of carbonyl (C=O) groups is 2. The summed E-state index contributed by atoms with van der Waals surface area (Å²) in [5, 5.41) is 0. The number of fused-ring (bicyclic) bond motifs is 5. The van der Waals surface area contributed by atoms with Crippen LogP contribution in [0.25, 0.3) is 0 Å². The zero-order valence-corrected chi connectivity index (χ0v) is 17.4. The Hall–Kier alpha value is -1.84. The van der Waals surface area contributed by atoms with Gasteiger partial charge < -0.3 is 9.15 Å². The highest BCUT2D eigenvalue weighted by atomic mass is 16.5. The molecule has 5 rings (SSSR count). The summed E-state index contributed by atoms with van der Waals surface area (Å²) in [6.45, 7) is 2.38. The molecule has 0 amide bonds. The van der Waals surface area contributed by atoms with E-state index in [1.54, 1.807) is 6.26 Å². The van der Waals surface area contributed by atoms with Gasteiger partial charge in [-0.05, 0) is 86.8 Å². The fourth-order valence-corrected chi connectivity index (χ4v) is 7.22. The van der Waals surface area contributed by atoms with Gasteiger partial charge >= 0.3 is 5.97 Å². The number of aryl methyl sites for hydroxylation is 1. The maximum atomic E-state index is 12.5. The second kappa shape index (κ2) is 7.45. The first-order valence-electron chi connectivity index (χ1n) is 11.5. The van der Waals surface area contributed by atoms with Crippen LogP contribution in [0.15, 0.2) is 34.5 Å². The van der Waals surface area contributed by atoms with Crippen LogP contribution in [0.2, 0.25) is 0 Å². The highest BCUT2D eigenvalue weighted by Crippen LogP contribution is 2.62. The molecule has 4 nitrogen and oxygen atoms in total. The van der Waals surface area contributed by atoms with E-state index in [-0.39, 0.29) is 17.5 Å². The molecule has 0 spiro atoms. The quantitative estimate of drug-likeness (QED) is 0.651. The fraction of sp³-hybridized carbons (Fsp3) is 0.680. The molecule has 1 heterocycles. The number of hydrogen-bond donors (Lipinski definition) is 0. The van der Waals surface area contributed by atoms with Gasteiger partial charge in [-0.3, -0.25) is 9.59 Å². The molecular formula is C25H32O4. The summed E-state index contributed by atoms with van der Waals surface area (Å²) in [6, 6.07) is 3.76. The summed E-state index contributed by atoms with van der Waals surface area (Å²) in [5.41, 5.74) is 1.55. The predicted octanol–water partition coefficient (Wildman–Crippen LogP) is 5.27. The molecule has 6 atom stereocenters. The van der Waals surface area contributed by atoms with Gasteiger partial charge in [0, 0.05) is 18.3 Å². The van der Waals surface area contributed by atoms with Crippen molar-refractivity contribution in [3.63, 3.8) is 0 Å². The third-order valence-electron chi connectivity index (χ3n) is 8.64. The highest BCUT2D eigenvalue weighted by molar-refractivity contribution is 5.91. The lowest BCUT2D eigenvalue weighted by atomic mass is 9.52. The van der Waals surface area contributed by atoms with E-state index in [1.807, 2.05) is 18.2 Å². The number of furan rings is 1. The molecule has 0 aromatic carbocycles. The molecular weight excluding hydrogens is 364 g/mol. The molecule has 3 fully saturated rings. The van der Waals surface area contributed by atoms with E-state index in [0.29, 0.717) is 30.5 Å². The van der Waals surface area contributed by atoms with Crippen molar-refractivity contribution in [3.8, 4) is 0 Å². The van der Waals surface area contributed by atoms with Crippen LogP contribution in [0, 0.1) is 29.1 Å². The van der Waals surface area contributed by atoms with Gasteiger partial charge in [0.05, 0.1) is 12.7 Å². The topological polar surface area (TPSA) is 56.5 Å². The SMILES string of the molecule is C[C@]12CC[C@@H]3[C@@H](CCC4=CC(=O)CC[C@H]43)[C@@H]1CC[C@@H]2OC(=O)CCc1ccco1. The van der Waals surface area contributed by atoms with Gasteiger partial charge in [-0.25, -0.2) is 0 Å². The molecule has 1 aromatic heterocycles. The number of ketones is 1. The molecule has 3 saturated carbocycles. The largest absolute Gasteiger partial charge is 0.469 e. The third kappa shape index (κ3) is 3.39. The van der Waals surface area contributed by atoms with Crippen LogP contribution in [0.5, 0.6) is 0 Å². The fourth-order valence-electron chi connectivity index (χ4n) is 7.22. The minimum Gasteiger partial charge on any atom is -0.469 e. The molecule has 1 aromatic rings. The van der Waals surface area contributed by atoms with E-state index in [9.17, 15) is 9.59 Å². The van der Waals surface area contributed by atoms with E-state index in [1.165, 1.54) is 24.8 Å². The lowest BCUT2D eigenvalue weighted by Crippen LogP contribution is -2.48. The van der Waals surface area contributed by atoms with E-state index in [4.69, 9.17) is 9.15 Å². The normalized spacial score (nSPS) is 38.6. The van der Waals surface area contributed by atoms with Crippen molar-refractivity contribution in [2.24, 2.45) is 29.1 Å². The first kappa shape index (κ1) is 19.1. The molecule has 0 radical (unpaired) electrons. The minimum atomic E-state index is -0.0879. The van der Waals surface area contributed by atoms with Crippen LogP contribution >= 0.6 is 0 Å². The Morgan fingerprint density at radius 3 is 2.90 bits per heavy atom. The molecule has 4 aliphatic carbocycles. The molecule has 0 bridgehead atoms. The van der Waals surface area contributed by atoms with Gasteiger partial charge in [-0.1, -0.05) is 12.5 Å². The summed E-state index contributed by atoms with van der Waals surface area (Å²) >= 11 is 0. The predicted molar refractivity (Wildman–Crippen MR) is 109 cm³/mol. The molecule has 0 N–H and O–H groups in total. The van der Waals surface area contributed by atoms with Crippen molar-refractivity contribution in [2.45, 2.75) is 77.2 Å². The Morgan fingerprint density at radius 1 is 1.17 bits per heavy atom. The van der Waals surface area contributed by atoms with Gasteiger partial charge in [-0.2, -0.15) is 0 Å². The average Bonchev–Trinajstić information content (AvgIpc) is 3.34. The highest BCUT2D eigenvalue weighted by Gasteiger charge is 2.57. The number of ether oxygens (including phenoxy) is 1. The molecule has 156 valence electrons. The van der Waals surface area contributed by atoms with Crippen LogP contribution in [-0.2, 0) is 20.7 Å². The van der Waals surface area contributed by atoms with Gasteiger partial charge in [0.1, 0.15) is 11.9 Å². The summed E-state index contributed by atoms with van der Waals surface area (Å²) in [7, 11) is 0. The number of allylic oxidation sites excluding steroid dienone is 1. The van der Waals surface area contributed by atoms with E-state index in [2.05, 4.69) is 6.92 Å². The Bertz CT molecular complexity index is 807. The smallest absolute Gasteiger partial charge is 0.306 e. The molecule has 4 heteroatoms. The Morgan fingerprint density at radius 2 is 2.07 bits per heavy atom. The maximum Gasteiger partial charge on any atom is 0.306 e. The molecule has 0 saturated heterocycles. The number of esters is 1. The third-order valence-corrected chi connectivity index (χ3v) is 8.64. The zero-order valence-electron chi connectivity index (χ0n) is 17.4. The van der Waals surface area contributed by atoms with Crippen molar-refractivity contribution in [2.75, 3.05) is 0 Å². The second-order valence-corrected chi connectivity index (χ2v) is 9.98. The molecule has 0 unspecified atom stereocenters. The van der Waals surface area contributed by atoms with Crippen LogP contribution in [0.4, 0.5) is 0 Å². The van der Waals surface area contributed by atoms with E-state index in [0.717, 1.165) is 49.7 Å². The minimum absolute atomic E-state index is 0.0578. The standard InChI is InChI=1S/C25H32O4/c1-25-13-12-20-19-8-5-17(26)15-16(19)4-7-21(20)22(25)9-10-23(25)29-24(27)11-6-18-3-2-14-28-18/h2-3,14-15,19-23H,4-13H2,1H3/t19-,20+,21-,22+,23+,25+/m1/s1. The summed E-state index contributed by atoms with van der Waals surface area (Å²) in [4.78, 5) is 24.4. The van der Waals surface area contributed by atoms with Crippen molar-refractivity contribution in [1.82, 2.24) is 0 Å². The molecule has 4 aliphatic rings. The second-order valence-electron chi connectivity index (χ2n) is 9.98. The average molecular weight is 397 g/mol. The molecule has 0 aliphatic heterocycles. The Kier molecular flexibility index (Phi) is 4.92. The number of hydrogen-bond acceptors (Lipinski definition) is 4. The monoisotopic (exact) mass is 396 g/mol. The molecule has 29 heavy (non-hydrogen) atoms. The maximum absolute atomic E-state index is 12.5. The van der Waals surface area contributed by atoms with Crippen LogP contribution in [0.1, 0.15) is 70.5 Å². The van der Waals surface area contributed by atoms with Crippen molar-refractivity contribution in [3.05, 3.63) is 35.8 Å². The van der Waals surface area contributed by atoms with Crippen LogP contribution in [-0.4, -0.2) is 17.9 Å². The van der Waals surface area contributed by atoms with Crippen molar-refractivity contribution >= 4 is 11.8 Å². The summed E-state index contributed by atoms with van der Waals surface area (Å²) < 4.78 is 11.4. The number of rotatable bonds is 4. The van der Waals surface area contributed by atoms with E-state index >= 15 is 0 Å².